The van der Waals surface area contributed by atoms with Gasteiger partial charge >= 0.3 is 6.09 Å². The van der Waals surface area contributed by atoms with Gasteiger partial charge in [-0.15, -0.1) is 0 Å². The summed E-state index contributed by atoms with van der Waals surface area (Å²) in [7, 11) is 0. The van der Waals surface area contributed by atoms with Gasteiger partial charge in [-0.05, 0) is 73.4 Å². The molecule has 0 radical (unpaired) electrons. The van der Waals surface area contributed by atoms with Gasteiger partial charge in [0, 0.05) is 19.6 Å². The molecule has 7 nitrogen and oxygen atoms in total. The summed E-state index contributed by atoms with van der Waals surface area (Å²) in [6.45, 7) is 19.5. The minimum absolute atomic E-state index is 0.414. The van der Waals surface area contributed by atoms with Crippen LogP contribution in [-0.4, -0.2) is 67.4 Å². The van der Waals surface area contributed by atoms with E-state index in [4.69, 9.17) is 4.74 Å². The molecule has 0 aromatic carbocycles. The number of rotatable bonds is 8. The standard InChI is InChI=1S/C20H41N5O2/c1-8-11-25-12-10-16(14-25)13-22-17(21-9-2)23-15-20(6,7)24-18(26)27-19(3,4)5/h16H,8-15H2,1-7H3,(H,24,26)(H2,21,22,23). The van der Waals surface area contributed by atoms with Crippen LogP contribution < -0.4 is 16.0 Å². The molecule has 3 N–H and O–H groups in total. The Balaban J connectivity index is 2.50. The number of hydrogen-bond acceptors (Lipinski definition) is 4. The molecule has 0 aromatic rings. The summed E-state index contributed by atoms with van der Waals surface area (Å²) < 4.78 is 5.34. The van der Waals surface area contributed by atoms with Crippen molar-refractivity contribution in [2.45, 2.75) is 72.4 Å². The van der Waals surface area contributed by atoms with Crippen molar-refractivity contribution in [2.75, 3.05) is 39.3 Å². The third-order valence-corrected chi connectivity index (χ3v) is 4.28. The molecule has 1 unspecified atom stereocenters. The molecular weight excluding hydrogens is 342 g/mol. The van der Waals surface area contributed by atoms with Crippen molar-refractivity contribution in [1.29, 1.82) is 0 Å². The van der Waals surface area contributed by atoms with Crippen LogP contribution in [0.1, 0.15) is 61.3 Å². The van der Waals surface area contributed by atoms with Crippen LogP contribution in [0.25, 0.3) is 0 Å². The summed E-state index contributed by atoms with van der Waals surface area (Å²) in [4.78, 5) is 19.2. The van der Waals surface area contributed by atoms with Crippen LogP contribution in [0.15, 0.2) is 4.99 Å². The molecule has 27 heavy (non-hydrogen) atoms. The number of nitrogens with zero attached hydrogens (tertiary/aromatic N) is 2. The molecule has 1 atom stereocenters. The normalized spacial score (nSPS) is 19.1. The molecule has 1 saturated heterocycles. The third-order valence-electron chi connectivity index (χ3n) is 4.28. The topological polar surface area (TPSA) is 78.0 Å². The highest BCUT2D eigenvalue weighted by Gasteiger charge is 2.25. The molecule has 0 bridgehead atoms. The average Bonchev–Trinajstić information content (AvgIpc) is 2.95. The van der Waals surface area contributed by atoms with E-state index in [-0.39, 0.29) is 0 Å². The Bertz CT molecular complexity index is 485. The minimum Gasteiger partial charge on any atom is -0.444 e. The van der Waals surface area contributed by atoms with Crippen molar-refractivity contribution in [3.8, 4) is 0 Å². The van der Waals surface area contributed by atoms with Crippen LogP contribution in [0.2, 0.25) is 0 Å². The number of guanidine groups is 1. The van der Waals surface area contributed by atoms with E-state index in [0.717, 1.165) is 25.6 Å². The van der Waals surface area contributed by atoms with Crippen LogP contribution in [0.3, 0.4) is 0 Å². The Labute approximate surface area is 165 Å². The lowest BCUT2D eigenvalue weighted by Crippen LogP contribution is -2.49. The molecule has 158 valence electrons. The molecule has 1 amide bonds. The fourth-order valence-electron chi connectivity index (χ4n) is 3.08. The molecular formula is C20H41N5O2. The van der Waals surface area contributed by atoms with Crippen molar-refractivity contribution < 1.29 is 9.53 Å². The zero-order valence-electron chi connectivity index (χ0n) is 18.4. The first-order valence-corrected chi connectivity index (χ1v) is 10.3. The smallest absolute Gasteiger partial charge is 0.408 e. The molecule has 0 aromatic heterocycles. The molecule has 1 aliphatic heterocycles. The van der Waals surface area contributed by atoms with E-state index < -0.39 is 17.2 Å². The van der Waals surface area contributed by atoms with Gasteiger partial charge in [0.25, 0.3) is 0 Å². The largest absolute Gasteiger partial charge is 0.444 e. The Kier molecular flexibility index (Phi) is 9.36. The van der Waals surface area contributed by atoms with Crippen LogP contribution in [0.5, 0.6) is 0 Å². The highest BCUT2D eigenvalue weighted by atomic mass is 16.6. The second-order valence-electron chi connectivity index (χ2n) is 9.04. The fraction of sp³-hybridized carbons (Fsp3) is 0.900. The number of carbonyl (C=O) groups excluding carboxylic acids is 1. The third kappa shape index (κ3) is 10.4. The van der Waals surface area contributed by atoms with Gasteiger partial charge in [-0.2, -0.15) is 0 Å². The lowest BCUT2D eigenvalue weighted by Gasteiger charge is -2.27. The number of nitrogens with one attached hydrogen (secondary N) is 3. The predicted molar refractivity (Wildman–Crippen MR) is 112 cm³/mol. The first kappa shape index (κ1) is 23.5. The van der Waals surface area contributed by atoms with E-state index in [1.807, 2.05) is 34.6 Å². The summed E-state index contributed by atoms with van der Waals surface area (Å²) in [6, 6.07) is 0. The van der Waals surface area contributed by atoms with Crippen molar-refractivity contribution in [1.82, 2.24) is 20.9 Å². The first-order chi connectivity index (χ1) is 12.5. The van der Waals surface area contributed by atoms with E-state index in [1.165, 1.54) is 25.9 Å². The second-order valence-corrected chi connectivity index (χ2v) is 9.04. The van der Waals surface area contributed by atoms with Crippen LogP contribution in [0.4, 0.5) is 4.79 Å². The van der Waals surface area contributed by atoms with Crippen LogP contribution in [0, 0.1) is 5.92 Å². The highest BCUT2D eigenvalue weighted by Crippen LogP contribution is 2.15. The van der Waals surface area contributed by atoms with Gasteiger partial charge in [0.2, 0.25) is 0 Å². The number of carbonyl (C=O) groups is 1. The molecule has 1 aliphatic rings. The molecule has 1 fully saturated rings. The molecule has 0 spiro atoms. The van der Waals surface area contributed by atoms with Crippen molar-refractivity contribution in [3.63, 3.8) is 0 Å². The van der Waals surface area contributed by atoms with E-state index in [0.29, 0.717) is 12.5 Å². The summed E-state index contributed by atoms with van der Waals surface area (Å²) in [5, 5.41) is 9.64. The summed E-state index contributed by atoms with van der Waals surface area (Å²) in [5.41, 5.74) is -0.997. The maximum absolute atomic E-state index is 12.0. The van der Waals surface area contributed by atoms with Gasteiger partial charge in [-0.25, -0.2) is 4.79 Å². The van der Waals surface area contributed by atoms with Gasteiger partial charge in [0.1, 0.15) is 5.60 Å². The van der Waals surface area contributed by atoms with Gasteiger partial charge in [-0.3, -0.25) is 4.99 Å². The van der Waals surface area contributed by atoms with E-state index in [2.05, 4.69) is 39.7 Å². The second kappa shape index (κ2) is 10.7. The average molecular weight is 384 g/mol. The van der Waals surface area contributed by atoms with E-state index >= 15 is 0 Å². The van der Waals surface area contributed by atoms with Gasteiger partial charge in [0.05, 0.1) is 12.1 Å². The van der Waals surface area contributed by atoms with Gasteiger partial charge in [0.15, 0.2) is 5.96 Å². The summed E-state index contributed by atoms with van der Waals surface area (Å²) in [5.74, 6) is 1.46. The quantitative estimate of drug-likeness (QED) is 0.444. The summed E-state index contributed by atoms with van der Waals surface area (Å²) in [6.07, 6.45) is 2.03. The molecule has 0 aliphatic carbocycles. The van der Waals surface area contributed by atoms with Gasteiger partial charge in [-0.1, -0.05) is 6.92 Å². The predicted octanol–water partition coefficient (Wildman–Crippen LogP) is 2.58. The number of hydrogen-bond donors (Lipinski definition) is 3. The number of likely N-dealkylation sites (tertiary alicyclic amines) is 1. The van der Waals surface area contributed by atoms with Crippen LogP contribution in [-0.2, 0) is 4.74 Å². The van der Waals surface area contributed by atoms with Crippen molar-refractivity contribution in [2.24, 2.45) is 10.9 Å². The maximum Gasteiger partial charge on any atom is 0.408 e. The number of ether oxygens (including phenoxy) is 1. The number of aliphatic imine (C=N–C) groups is 1. The van der Waals surface area contributed by atoms with E-state index in [9.17, 15) is 4.79 Å². The number of alkyl carbamates (subject to hydrolysis) is 1. The Morgan fingerprint density at radius 1 is 1.19 bits per heavy atom. The summed E-state index contributed by atoms with van der Waals surface area (Å²) >= 11 is 0. The zero-order valence-corrected chi connectivity index (χ0v) is 18.4. The molecule has 0 saturated carbocycles. The van der Waals surface area contributed by atoms with Crippen molar-refractivity contribution >= 4 is 12.1 Å². The van der Waals surface area contributed by atoms with Crippen molar-refractivity contribution in [3.05, 3.63) is 0 Å². The number of amides is 1. The first-order valence-electron chi connectivity index (χ1n) is 10.3. The van der Waals surface area contributed by atoms with E-state index in [1.54, 1.807) is 0 Å². The Hall–Kier alpha value is -1.50. The van der Waals surface area contributed by atoms with Gasteiger partial charge < -0.3 is 25.6 Å². The molecule has 7 heteroatoms. The zero-order chi connectivity index (χ0) is 20.5. The Morgan fingerprint density at radius 3 is 2.48 bits per heavy atom. The minimum atomic E-state index is -0.507. The fourth-order valence-corrected chi connectivity index (χ4v) is 3.08. The maximum atomic E-state index is 12.0. The monoisotopic (exact) mass is 383 g/mol. The van der Waals surface area contributed by atoms with Crippen LogP contribution >= 0.6 is 0 Å². The lowest BCUT2D eigenvalue weighted by atomic mass is 10.1. The lowest BCUT2D eigenvalue weighted by molar-refractivity contribution is 0.0476. The highest BCUT2D eigenvalue weighted by molar-refractivity contribution is 5.79. The Morgan fingerprint density at radius 2 is 1.89 bits per heavy atom. The SMILES string of the molecule is CCCN1CCC(CNC(=NCC(C)(C)NC(=O)OC(C)(C)C)NCC)C1. The molecule has 1 heterocycles. The molecule has 1 rings (SSSR count).